The molecule has 5 nitrogen and oxygen atoms in total. The SMILES string of the molecule is CCn1cc(/C=C(\C#N)C(=O)NCCc2ccccc2)c(C)n1. The molecule has 23 heavy (non-hydrogen) atoms. The highest BCUT2D eigenvalue weighted by atomic mass is 16.1. The van der Waals surface area contributed by atoms with Crippen LogP contribution < -0.4 is 5.32 Å². The van der Waals surface area contributed by atoms with E-state index in [1.54, 1.807) is 10.8 Å². The molecule has 2 rings (SSSR count). The Labute approximate surface area is 136 Å². The maximum absolute atomic E-state index is 12.1. The van der Waals surface area contributed by atoms with Crippen LogP contribution in [0.1, 0.15) is 23.7 Å². The van der Waals surface area contributed by atoms with Gasteiger partial charge >= 0.3 is 0 Å². The molecule has 2 aromatic rings. The van der Waals surface area contributed by atoms with Crippen molar-refractivity contribution in [3.05, 3.63) is 58.9 Å². The maximum atomic E-state index is 12.1. The first-order valence-electron chi connectivity index (χ1n) is 7.62. The number of aryl methyl sites for hydroxylation is 2. The lowest BCUT2D eigenvalue weighted by molar-refractivity contribution is -0.117. The minimum atomic E-state index is -0.355. The second kappa shape index (κ2) is 7.95. The van der Waals surface area contributed by atoms with Crippen LogP contribution in [0.5, 0.6) is 0 Å². The van der Waals surface area contributed by atoms with E-state index in [1.165, 1.54) is 0 Å². The van der Waals surface area contributed by atoms with E-state index in [0.717, 1.165) is 29.8 Å². The van der Waals surface area contributed by atoms with E-state index < -0.39 is 0 Å². The Hall–Kier alpha value is -2.87. The zero-order chi connectivity index (χ0) is 16.7. The molecule has 1 N–H and O–H groups in total. The molecule has 0 unspecified atom stereocenters. The second-order valence-corrected chi connectivity index (χ2v) is 5.19. The molecule has 0 atom stereocenters. The van der Waals surface area contributed by atoms with E-state index in [4.69, 9.17) is 0 Å². The Morgan fingerprint density at radius 3 is 2.74 bits per heavy atom. The van der Waals surface area contributed by atoms with Crippen LogP contribution in [0, 0.1) is 18.3 Å². The highest BCUT2D eigenvalue weighted by Gasteiger charge is 2.10. The summed E-state index contributed by atoms with van der Waals surface area (Å²) in [6.45, 7) is 5.09. The number of benzene rings is 1. The predicted molar refractivity (Wildman–Crippen MR) is 89.4 cm³/mol. The van der Waals surface area contributed by atoms with E-state index in [2.05, 4.69) is 10.4 Å². The molecule has 0 bridgehead atoms. The molecule has 0 saturated carbocycles. The topological polar surface area (TPSA) is 70.7 Å². The Morgan fingerprint density at radius 1 is 1.39 bits per heavy atom. The van der Waals surface area contributed by atoms with Gasteiger partial charge in [0.25, 0.3) is 5.91 Å². The molecule has 0 aliphatic carbocycles. The van der Waals surface area contributed by atoms with Crippen LogP contribution in [0.2, 0.25) is 0 Å². The third kappa shape index (κ3) is 4.55. The number of amides is 1. The van der Waals surface area contributed by atoms with Gasteiger partial charge in [0.15, 0.2) is 0 Å². The molecule has 5 heteroatoms. The second-order valence-electron chi connectivity index (χ2n) is 5.19. The van der Waals surface area contributed by atoms with Crippen molar-refractivity contribution in [1.82, 2.24) is 15.1 Å². The largest absolute Gasteiger partial charge is 0.351 e. The Kier molecular flexibility index (Phi) is 5.70. The summed E-state index contributed by atoms with van der Waals surface area (Å²) in [6, 6.07) is 11.9. The maximum Gasteiger partial charge on any atom is 0.261 e. The number of hydrogen-bond acceptors (Lipinski definition) is 3. The zero-order valence-corrected chi connectivity index (χ0v) is 13.4. The molecule has 0 radical (unpaired) electrons. The third-order valence-corrected chi connectivity index (χ3v) is 3.52. The Bertz CT molecular complexity index is 738. The number of nitrogens with one attached hydrogen (secondary N) is 1. The standard InChI is InChI=1S/C18H20N4O/c1-3-22-13-17(14(2)21-22)11-16(12-19)18(23)20-10-9-15-7-5-4-6-8-15/h4-8,11,13H,3,9-10H2,1-2H3,(H,20,23)/b16-11+. The average molecular weight is 308 g/mol. The van der Waals surface area contributed by atoms with Gasteiger partial charge in [0.1, 0.15) is 11.6 Å². The van der Waals surface area contributed by atoms with Gasteiger partial charge in [-0.3, -0.25) is 9.48 Å². The Balaban J connectivity index is 1.99. The van der Waals surface area contributed by atoms with E-state index >= 15 is 0 Å². The van der Waals surface area contributed by atoms with Gasteiger partial charge in [-0.2, -0.15) is 10.4 Å². The predicted octanol–water partition coefficient (Wildman–Crippen LogP) is 2.48. The number of carbonyl (C=O) groups excluding carboxylic acids is 1. The number of aromatic nitrogens is 2. The first-order chi connectivity index (χ1) is 11.1. The van der Waals surface area contributed by atoms with Crippen molar-refractivity contribution < 1.29 is 4.79 Å². The summed E-state index contributed by atoms with van der Waals surface area (Å²) in [5, 5.41) is 16.3. The summed E-state index contributed by atoms with van der Waals surface area (Å²) in [4.78, 5) is 12.1. The molecule has 0 spiro atoms. The van der Waals surface area contributed by atoms with E-state index in [1.807, 2.05) is 56.4 Å². The Morgan fingerprint density at radius 2 is 2.13 bits per heavy atom. The van der Waals surface area contributed by atoms with Crippen molar-refractivity contribution in [3.8, 4) is 6.07 Å². The van der Waals surface area contributed by atoms with Gasteiger partial charge < -0.3 is 5.32 Å². The minimum absolute atomic E-state index is 0.0943. The van der Waals surface area contributed by atoms with Gasteiger partial charge in [-0.1, -0.05) is 30.3 Å². The third-order valence-electron chi connectivity index (χ3n) is 3.52. The molecule has 0 aliphatic rings. The fraction of sp³-hybridized carbons (Fsp3) is 0.278. The van der Waals surface area contributed by atoms with Crippen LogP contribution in [-0.4, -0.2) is 22.2 Å². The van der Waals surface area contributed by atoms with Gasteiger partial charge in [-0.05, 0) is 31.9 Å². The lowest BCUT2D eigenvalue weighted by Gasteiger charge is -2.04. The van der Waals surface area contributed by atoms with Crippen LogP contribution in [0.25, 0.3) is 6.08 Å². The number of rotatable bonds is 6. The zero-order valence-electron chi connectivity index (χ0n) is 13.4. The van der Waals surface area contributed by atoms with Crippen LogP contribution in [-0.2, 0) is 17.8 Å². The van der Waals surface area contributed by atoms with Crippen molar-refractivity contribution in [2.45, 2.75) is 26.8 Å². The van der Waals surface area contributed by atoms with Crippen molar-refractivity contribution in [2.75, 3.05) is 6.54 Å². The van der Waals surface area contributed by atoms with Crippen LogP contribution in [0.15, 0.2) is 42.1 Å². The first kappa shape index (κ1) is 16.5. The summed E-state index contributed by atoms with van der Waals surface area (Å²) in [5.41, 5.74) is 2.84. The van der Waals surface area contributed by atoms with Gasteiger partial charge in [0, 0.05) is 24.8 Å². The number of carbonyl (C=O) groups is 1. The minimum Gasteiger partial charge on any atom is -0.351 e. The molecule has 0 fully saturated rings. The van der Waals surface area contributed by atoms with E-state index in [0.29, 0.717) is 6.54 Å². The lowest BCUT2D eigenvalue weighted by atomic mass is 10.1. The highest BCUT2D eigenvalue weighted by Crippen LogP contribution is 2.11. The van der Waals surface area contributed by atoms with Crippen molar-refractivity contribution in [2.24, 2.45) is 0 Å². The molecule has 0 saturated heterocycles. The van der Waals surface area contributed by atoms with Crippen LogP contribution in [0.4, 0.5) is 0 Å². The van der Waals surface area contributed by atoms with E-state index in [9.17, 15) is 10.1 Å². The summed E-state index contributed by atoms with van der Waals surface area (Å²) < 4.78 is 1.78. The smallest absolute Gasteiger partial charge is 0.261 e. The molecular formula is C18H20N4O. The molecular weight excluding hydrogens is 288 g/mol. The molecule has 1 heterocycles. The van der Waals surface area contributed by atoms with Gasteiger partial charge in [-0.25, -0.2) is 0 Å². The van der Waals surface area contributed by atoms with Crippen molar-refractivity contribution in [1.29, 1.82) is 5.26 Å². The fourth-order valence-electron chi connectivity index (χ4n) is 2.20. The number of hydrogen-bond donors (Lipinski definition) is 1. The molecule has 1 aromatic carbocycles. The van der Waals surface area contributed by atoms with Gasteiger partial charge in [0.2, 0.25) is 0 Å². The highest BCUT2D eigenvalue weighted by molar-refractivity contribution is 6.01. The molecule has 1 aromatic heterocycles. The lowest BCUT2D eigenvalue weighted by Crippen LogP contribution is -2.26. The van der Waals surface area contributed by atoms with Crippen molar-refractivity contribution >= 4 is 12.0 Å². The first-order valence-corrected chi connectivity index (χ1v) is 7.62. The van der Waals surface area contributed by atoms with E-state index in [-0.39, 0.29) is 11.5 Å². The van der Waals surface area contributed by atoms with Crippen LogP contribution in [0.3, 0.4) is 0 Å². The summed E-state index contributed by atoms with van der Waals surface area (Å²) in [5.74, 6) is -0.355. The average Bonchev–Trinajstić information content (AvgIpc) is 2.93. The van der Waals surface area contributed by atoms with Gasteiger partial charge in [-0.15, -0.1) is 0 Å². The fourth-order valence-corrected chi connectivity index (χ4v) is 2.20. The monoisotopic (exact) mass is 308 g/mol. The molecule has 0 aliphatic heterocycles. The summed E-state index contributed by atoms with van der Waals surface area (Å²) in [6.07, 6.45) is 4.16. The summed E-state index contributed by atoms with van der Waals surface area (Å²) >= 11 is 0. The molecule has 1 amide bonds. The normalized spacial score (nSPS) is 11.1. The molecule has 118 valence electrons. The quantitative estimate of drug-likeness (QED) is 0.658. The summed E-state index contributed by atoms with van der Waals surface area (Å²) in [7, 11) is 0. The number of nitriles is 1. The van der Waals surface area contributed by atoms with Crippen molar-refractivity contribution in [3.63, 3.8) is 0 Å². The number of nitrogens with zero attached hydrogens (tertiary/aromatic N) is 3. The van der Waals surface area contributed by atoms with Gasteiger partial charge in [0.05, 0.1) is 5.69 Å². The van der Waals surface area contributed by atoms with Crippen LogP contribution >= 0.6 is 0 Å².